The number of carbonyl (C=O) groups is 1. The van der Waals surface area contributed by atoms with Crippen LogP contribution in [0.5, 0.6) is 0 Å². The second-order valence-corrected chi connectivity index (χ2v) is 7.60. The van der Waals surface area contributed by atoms with E-state index in [4.69, 9.17) is 0 Å². The highest BCUT2D eigenvalue weighted by Gasteiger charge is 2.13. The lowest BCUT2D eigenvalue weighted by molar-refractivity contribution is -0.121. The third-order valence-electron chi connectivity index (χ3n) is 5.42. The molecular formula is C24H25N5O2. The molecule has 2 aromatic heterocycles. The van der Waals surface area contributed by atoms with Gasteiger partial charge < -0.3 is 10.3 Å². The lowest BCUT2D eigenvalue weighted by atomic mass is 10.2. The summed E-state index contributed by atoms with van der Waals surface area (Å²) in [7, 11) is 0. The second kappa shape index (κ2) is 8.95. The zero-order valence-electron chi connectivity index (χ0n) is 17.7. The molecule has 0 bridgehead atoms. The Morgan fingerprint density at radius 1 is 1.06 bits per heavy atom. The number of nitrogens with one attached hydrogen (secondary N) is 2. The van der Waals surface area contributed by atoms with Gasteiger partial charge in [-0.2, -0.15) is 5.10 Å². The molecule has 1 amide bonds. The summed E-state index contributed by atoms with van der Waals surface area (Å²) < 4.78 is 1.97. The molecule has 31 heavy (non-hydrogen) atoms. The maximum Gasteiger partial charge on any atom is 0.258 e. The SMILES string of the molecule is Cc1nn(Cc2ccccc2)c(C)c1CNC(=O)CCc1nc2ccccc2c(=O)[nH]1. The van der Waals surface area contributed by atoms with Crippen molar-refractivity contribution < 1.29 is 4.79 Å². The van der Waals surface area contributed by atoms with Crippen LogP contribution in [0.3, 0.4) is 0 Å². The normalized spacial score (nSPS) is 11.0. The average molecular weight is 415 g/mol. The first-order valence-corrected chi connectivity index (χ1v) is 10.3. The van der Waals surface area contributed by atoms with Crippen molar-refractivity contribution in [2.75, 3.05) is 0 Å². The van der Waals surface area contributed by atoms with Gasteiger partial charge in [0.1, 0.15) is 5.82 Å². The fraction of sp³-hybridized carbons (Fsp3) is 0.250. The standard InChI is InChI=1S/C24H25N5O2/c1-16-20(17(2)29(28-16)15-18-8-4-3-5-9-18)14-25-23(30)13-12-22-26-21-11-7-6-10-19(21)24(31)27-22/h3-11H,12-15H2,1-2H3,(H,25,30)(H,26,27,31). The van der Waals surface area contributed by atoms with Crippen LogP contribution in [0, 0.1) is 13.8 Å². The van der Waals surface area contributed by atoms with Gasteiger partial charge in [0.05, 0.1) is 23.1 Å². The van der Waals surface area contributed by atoms with Gasteiger partial charge >= 0.3 is 0 Å². The lowest BCUT2D eigenvalue weighted by Crippen LogP contribution is -2.24. The van der Waals surface area contributed by atoms with E-state index in [0.29, 0.717) is 36.2 Å². The van der Waals surface area contributed by atoms with Gasteiger partial charge in [-0.1, -0.05) is 42.5 Å². The Balaban J connectivity index is 1.36. The zero-order chi connectivity index (χ0) is 21.8. The van der Waals surface area contributed by atoms with Gasteiger partial charge in [0.15, 0.2) is 0 Å². The van der Waals surface area contributed by atoms with E-state index in [1.165, 1.54) is 5.56 Å². The molecule has 0 atom stereocenters. The maximum atomic E-state index is 12.4. The summed E-state index contributed by atoms with van der Waals surface area (Å²) in [6.07, 6.45) is 0.620. The third kappa shape index (κ3) is 4.71. The topological polar surface area (TPSA) is 92.7 Å². The molecule has 7 heteroatoms. The van der Waals surface area contributed by atoms with Crippen molar-refractivity contribution in [2.24, 2.45) is 0 Å². The summed E-state index contributed by atoms with van der Waals surface area (Å²) in [5.74, 6) is 0.423. The van der Waals surface area contributed by atoms with E-state index in [0.717, 1.165) is 17.0 Å². The molecule has 4 aromatic rings. The number of rotatable bonds is 7. The van der Waals surface area contributed by atoms with Gasteiger partial charge in [0, 0.05) is 30.6 Å². The predicted octanol–water partition coefficient (Wildman–Crippen LogP) is 3.03. The Morgan fingerprint density at radius 3 is 2.61 bits per heavy atom. The molecule has 7 nitrogen and oxygen atoms in total. The minimum Gasteiger partial charge on any atom is -0.352 e. The lowest BCUT2D eigenvalue weighted by Gasteiger charge is -2.08. The van der Waals surface area contributed by atoms with Crippen LogP contribution in [-0.2, 0) is 24.3 Å². The highest BCUT2D eigenvalue weighted by Crippen LogP contribution is 2.15. The van der Waals surface area contributed by atoms with Crippen LogP contribution in [0.15, 0.2) is 59.4 Å². The number of nitrogens with zero attached hydrogens (tertiary/aromatic N) is 3. The Morgan fingerprint density at radius 2 is 1.81 bits per heavy atom. The number of aromatic amines is 1. The summed E-state index contributed by atoms with van der Waals surface area (Å²) in [6.45, 7) is 5.10. The quantitative estimate of drug-likeness (QED) is 0.485. The first-order valence-electron chi connectivity index (χ1n) is 10.3. The van der Waals surface area contributed by atoms with Crippen LogP contribution in [0.1, 0.15) is 34.8 Å². The summed E-state index contributed by atoms with van der Waals surface area (Å²) >= 11 is 0. The highest BCUT2D eigenvalue weighted by molar-refractivity contribution is 5.78. The summed E-state index contributed by atoms with van der Waals surface area (Å²) in [4.78, 5) is 31.8. The van der Waals surface area contributed by atoms with E-state index >= 15 is 0 Å². The molecule has 2 aromatic carbocycles. The molecular weight excluding hydrogens is 390 g/mol. The van der Waals surface area contributed by atoms with E-state index in [1.54, 1.807) is 18.2 Å². The van der Waals surface area contributed by atoms with Gasteiger partial charge in [-0.15, -0.1) is 0 Å². The van der Waals surface area contributed by atoms with Crippen LogP contribution >= 0.6 is 0 Å². The highest BCUT2D eigenvalue weighted by atomic mass is 16.1. The van der Waals surface area contributed by atoms with Crippen molar-refractivity contribution in [3.05, 3.63) is 93.3 Å². The second-order valence-electron chi connectivity index (χ2n) is 7.60. The molecule has 0 fully saturated rings. The molecule has 0 saturated carbocycles. The number of fused-ring (bicyclic) bond motifs is 1. The molecule has 0 unspecified atom stereocenters. The summed E-state index contributed by atoms with van der Waals surface area (Å²) in [5.41, 5.74) is 4.62. The van der Waals surface area contributed by atoms with Crippen molar-refractivity contribution in [1.82, 2.24) is 25.1 Å². The molecule has 0 aliphatic heterocycles. The predicted molar refractivity (Wildman–Crippen MR) is 120 cm³/mol. The number of H-pyrrole nitrogens is 1. The van der Waals surface area contributed by atoms with Gasteiger partial charge in [0.2, 0.25) is 5.91 Å². The number of aromatic nitrogens is 4. The minimum atomic E-state index is -0.182. The van der Waals surface area contributed by atoms with Crippen LogP contribution in [0.2, 0.25) is 0 Å². The van der Waals surface area contributed by atoms with Crippen LogP contribution in [0.25, 0.3) is 10.9 Å². The molecule has 158 valence electrons. The first kappa shape index (κ1) is 20.5. The fourth-order valence-corrected chi connectivity index (χ4v) is 3.66. The van der Waals surface area contributed by atoms with E-state index in [2.05, 4.69) is 32.5 Å². The molecule has 4 rings (SSSR count). The van der Waals surface area contributed by atoms with Crippen molar-refractivity contribution >= 4 is 16.8 Å². The Bertz CT molecular complexity index is 1270. The number of benzene rings is 2. The Hall–Kier alpha value is -3.74. The van der Waals surface area contributed by atoms with Crippen molar-refractivity contribution in [3.8, 4) is 0 Å². The van der Waals surface area contributed by atoms with Crippen molar-refractivity contribution in [1.29, 1.82) is 0 Å². The van der Waals surface area contributed by atoms with Crippen molar-refractivity contribution in [2.45, 2.75) is 39.8 Å². The molecule has 0 radical (unpaired) electrons. The number of hydrogen-bond acceptors (Lipinski definition) is 4. The van der Waals surface area contributed by atoms with Gasteiger partial charge in [0.25, 0.3) is 5.56 Å². The Labute approximate surface area is 180 Å². The summed E-state index contributed by atoms with van der Waals surface area (Å²) in [5, 5.41) is 8.15. The zero-order valence-corrected chi connectivity index (χ0v) is 17.7. The van der Waals surface area contributed by atoms with Gasteiger partial charge in [-0.25, -0.2) is 4.98 Å². The van der Waals surface area contributed by atoms with Gasteiger partial charge in [-0.3, -0.25) is 14.3 Å². The van der Waals surface area contributed by atoms with E-state index < -0.39 is 0 Å². The van der Waals surface area contributed by atoms with E-state index in [9.17, 15) is 9.59 Å². The molecule has 2 heterocycles. The molecule has 0 aliphatic carbocycles. The minimum absolute atomic E-state index is 0.0922. The molecule has 0 aliphatic rings. The van der Waals surface area contributed by atoms with E-state index in [1.807, 2.05) is 42.8 Å². The molecule has 0 spiro atoms. The number of aryl methyl sites for hydroxylation is 2. The number of hydrogen-bond donors (Lipinski definition) is 2. The van der Waals surface area contributed by atoms with Crippen LogP contribution < -0.4 is 10.9 Å². The van der Waals surface area contributed by atoms with Crippen LogP contribution in [-0.4, -0.2) is 25.7 Å². The number of carbonyl (C=O) groups excluding carboxylic acids is 1. The summed E-state index contributed by atoms with van der Waals surface area (Å²) in [6, 6.07) is 17.3. The Kier molecular flexibility index (Phi) is 5.93. The van der Waals surface area contributed by atoms with E-state index in [-0.39, 0.29) is 17.9 Å². The average Bonchev–Trinajstić information content (AvgIpc) is 3.04. The largest absolute Gasteiger partial charge is 0.352 e. The van der Waals surface area contributed by atoms with Crippen LogP contribution in [0.4, 0.5) is 0 Å². The monoisotopic (exact) mass is 415 g/mol. The van der Waals surface area contributed by atoms with Crippen molar-refractivity contribution in [3.63, 3.8) is 0 Å². The molecule has 2 N–H and O–H groups in total. The van der Waals surface area contributed by atoms with Gasteiger partial charge in [-0.05, 0) is 31.5 Å². The number of para-hydroxylation sites is 1. The third-order valence-corrected chi connectivity index (χ3v) is 5.42. The smallest absolute Gasteiger partial charge is 0.258 e. The maximum absolute atomic E-state index is 12.4. The first-order chi connectivity index (χ1) is 15.0. The fourth-order valence-electron chi connectivity index (χ4n) is 3.66. The molecule has 0 saturated heterocycles. The number of amides is 1.